The topological polar surface area (TPSA) is 22.1 Å². The minimum atomic E-state index is -0.803. The number of guanidine groups is 1. The number of nitrogens with zero attached hydrogens (tertiary/aromatic N) is 4. The van der Waals surface area contributed by atoms with Crippen LogP contribution in [0.3, 0.4) is 0 Å². The Balaban J connectivity index is 1.12. The summed E-state index contributed by atoms with van der Waals surface area (Å²) < 4.78 is 47.0. The molecule has 8 heteroatoms. The Morgan fingerprint density at radius 3 is 2.08 bits per heavy atom. The first-order chi connectivity index (χ1) is 24.1. The summed E-state index contributed by atoms with van der Waals surface area (Å²) in [6.45, 7) is -0.222. The number of anilines is 1. The molecule has 0 spiro atoms. The van der Waals surface area contributed by atoms with Gasteiger partial charge in [-0.2, -0.15) is 0 Å². The van der Waals surface area contributed by atoms with Gasteiger partial charge in [0.1, 0.15) is 17.5 Å². The molecule has 5 saturated carbocycles. The highest BCUT2D eigenvalue weighted by Gasteiger charge is 2.69. The SMILES string of the molecule is Fc1cc(F)c(B2C3CCC4CCCC5C4C3N(C3=NC4CCCCC4N35)C3C2CCC2C3C3CCCCC3N2c2ccccc2)c(F)c1. The molecule has 0 bridgehead atoms. The number of aliphatic imine (C=N–C) groups is 1. The van der Waals surface area contributed by atoms with Crippen LogP contribution in [0.15, 0.2) is 47.5 Å². The smallest absolute Gasteiger partial charge is 0.198 e. The van der Waals surface area contributed by atoms with Crippen LogP contribution in [0, 0.1) is 41.1 Å². The molecule has 9 aliphatic rings. The first kappa shape index (κ1) is 30.0. The van der Waals surface area contributed by atoms with E-state index >= 15 is 8.78 Å². The van der Waals surface area contributed by atoms with Gasteiger partial charge < -0.3 is 14.7 Å². The van der Waals surface area contributed by atoms with Crippen LogP contribution >= 0.6 is 0 Å². The fourth-order valence-electron chi connectivity index (χ4n) is 14.8. The van der Waals surface area contributed by atoms with Crippen molar-refractivity contribution < 1.29 is 13.2 Å². The maximum absolute atomic E-state index is 16.2. The lowest BCUT2D eigenvalue weighted by Crippen LogP contribution is -2.78. The van der Waals surface area contributed by atoms with Crippen LogP contribution in [-0.4, -0.2) is 64.8 Å². The van der Waals surface area contributed by atoms with Crippen molar-refractivity contribution >= 4 is 23.8 Å². The highest BCUT2D eigenvalue weighted by molar-refractivity contribution is 6.76. The Kier molecular flexibility index (Phi) is 6.85. The van der Waals surface area contributed by atoms with Crippen molar-refractivity contribution in [2.75, 3.05) is 4.90 Å². The van der Waals surface area contributed by atoms with Gasteiger partial charge in [0, 0.05) is 59.9 Å². The Morgan fingerprint density at radius 1 is 0.592 bits per heavy atom. The summed E-state index contributed by atoms with van der Waals surface area (Å²) in [5.41, 5.74) is 1.55. The largest absolute Gasteiger partial charge is 0.365 e. The quantitative estimate of drug-likeness (QED) is 0.303. The van der Waals surface area contributed by atoms with E-state index in [2.05, 4.69) is 45.0 Å². The number of halogens is 3. The molecule has 0 radical (unpaired) electrons. The summed E-state index contributed by atoms with van der Waals surface area (Å²) in [6.07, 6.45) is 18.0. The molecule has 13 unspecified atom stereocenters. The molecule has 8 fully saturated rings. The third-order valence-electron chi connectivity index (χ3n) is 16.0. The molecule has 0 aromatic heterocycles. The van der Waals surface area contributed by atoms with Gasteiger partial charge in [0.05, 0.1) is 12.1 Å². The predicted molar refractivity (Wildman–Crippen MR) is 189 cm³/mol. The Bertz CT molecular complexity index is 1630. The molecule has 4 heterocycles. The molecule has 49 heavy (non-hydrogen) atoms. The third kappa shape index (κ3) is 4.15. The summed E-state index contributed by atoms with van der Waals surface area (Å²) in [7, 11) is 0. The monoisotopic (exact) mass is 666 g/mol. The van der Waals surface area contributed by atoms with E-state index in [0.717, 1.165) is 37.8 Å². The van der Waals surface area contributed by atoms with E-state index in [1.165, 1.54) is 82.3 Å². The molecular weight excluding hydrogens is 616 g/mol. The van der Waals surface area contributed by atoms with E-state index in [1.54, 1.807) is 0 Å². The average molecular weight is 667 g/mol. The van der Waals surface area contributed by atoms with Crippen LogP contribution < -0.4 is 10.4 Å². The van der Waals surface area contributed by atoms with Crippen molar-refractivity contribution in [2.45, 2.75) is 150 Å². The van der Waals surface area contributed by atoms with Gasteiger partial charge in [0.2, 0.25) is 0 Å². The van der Waals surface area contributed by atoms with Gasteiger partial charge in [-0.15, -0.1) is 0 Å². The molecule has 11 rings (SSSR count). The van der Waals surface area contributed by atoms with Crippen molar-refractivity contribution in [2.24, 2.45) is 28.7 Å². The summed E-state index contributed by atoms with van der Waals surface area (Å²) in [5, 5.41) is 0. The Morgan fingerprint density at radius 2 is 1.27 bits per heavy atom. The number of fused-ring (bicyclic) bond motifs is 11. The number of benzene rings is 2. The minimum absolute atomic E-state index is 0.124. The van der Waals surface area contributed by atoms with Gasteiger partial charge >= 0.3 is 0 Å². The van der Waals surface area contributed by atoms with Crippen LogP contribution in [0.5, 0.6) is 0 Å². The second-order valence-corrected chi connectivity index (χ2v) is 17.7. The van der Waals surface area contributed by atoms with E-state index in [-0.39, 0.29) is 35.9 Å². The molecular formula is C41H50BF3N4. The molecule has 0 amide bonds. The van der Waals surface area contributed by atoms with E-state index in [9.17, 15) is 4.39 Å². The van der Waals surface area contributed by atoms with Crippen LogP contribution in [0.1, 0.15) is 96.3 Å². The predicted octanol–water partition coefficient (Wildman–Crippen LogP) is 8.03. The molecule has 2 aromatic rings. The lowest BCUT2D eigenvalue weighted by molar-refractivity contribution is -0.0682. The van der Waals surface area contributed by atoms with Crippen molar-refractivity contribution in [1.29, 1.82) is 0 Å². The minimum Gasteiger partial charge on any atom is -0.365 e. The lowest BCUT2D eigenvalue weighted by atomic mass is 9.22. The third-order valence-corrected chi connectivity index (χ3v) is 16.0. The standard InChI is InChI=1S/C41H50BF3N4/c43-24-21-29(44)38(30(45)22-24)42-27-18-17-23-9-8-16-34-36(23)39(27)49(41-46-31-13-5-7-15-33(31)48(34)41)40-28(42)19-20-35-37(40)26-12-4-6-14-32(26)47(35)25-10-2-1-3-11-25/h1-3,10-11,21-23,26-28,31-37,39-40H,4-9,12-20H2. The molecule has 0 N–H and O–H groups in total. The second kappa shape index (κ2) is 11.2. The van der Waals surface area contributed by atoms with Crippen LogP contribution in [0.2, 0.25) is 11.6 Å². The first-order valence-electron chi connectivity index (χ1n) is 20.2. The van der Waals surface area contributed by atoms with Crippen LogP contribution in [-0.2, 0) is 0 Å². The normalized spacial score (nSPS) is 43.2. The Labute approximate surface area is 290 Å². The van der Waals surface area contributed by atoms with Crippen LogP contribution in [0.25, 0.3) is 0 Å². The average Bonchev–Trinajstić information content (AvgIpc) is 3.67. The van der Waals surface area contributed by atoms with Crippen molar-refractivity contribution in [3.63, 3.8) is 0 Å². The van der Waals surface area contributed by atoms with Gasteiger partial charge in [0.15, 0.2) is 12.7 Å². The van der Waals surface area contributed by atoms with Gasteiger partial charge in [0.25, 0.3) is 0 Å². The second-order valence-electron chi connectivity index (χ2n) is 17.7. The summed E-state index contributed by atoms with van der Waals surface area (Å²) in [5.74, 6) is 1.62. The zero-order valence-corrected chi connectivity index (χ0v) is 28.7. The van der Waals surface area contributed by atoms with Crippen LogP contribution in [0.4, 0.5) is 18.9 Å². The number of rotatable bonds is 2. The first-order valence-corrected chi connectivity index (χ1v) is 20.2. The molecule has 258 valence electrons. The fourth-order valence-corrected chi connectivity index (χ4v) is 14.8. The zero-order valence-electron chi connectivity index (χ0n) is 28.7. The number of hydrogen-bond donors (Lipinski definition) is 0. The highest BCUT2D eigenvalue weighted by atomic mass is 19.1. The maximum atomic E-state index is 16.2. The molecule has 4 aliphatic heterocycles. The molecule has 13 atom stereocenters. The zero-order chi connectivity index (χ0) is 32.5. The molecule has 4 nitrogen and oxygen atoms in total. The summed E-state index contributed by atoms with van der Waals surface area (Å²) in [4.78, 5) is 14.4. The molecule has 5 aliphatic carbocycles. The number of para-hydroxylation sites is 1. The molecule has 2 aromatic carbocycles. The highest BCUT2D eigenvalue weighted by Crippen LogP contribution is 2.64. The van der Waals surface area contributed by atoms with Crippen molar-refractivity contribution in [3.05, 3.63) is 59.9 Å². The van der Waals surface area contributed by atoms with Gasteiger partial charge in [-0.05, 0) is 86.0 Å². The van der Waals surface area contributed by atoms with E-state index in [0.29, 0.717) is 53.9 Å². The van der Waals surface area contributed by atoms with E-state index in [1.807, 2.05) is 0 Å². The number of hydrogen-bond acceptors (Lipinski definition) is 4. The van der Waals surface area contributed by atoms with Gasteiger partial charge in [-0.25, -0.2) is 18.2 Å². The Hall–Kier alpha value is -2.64. The van der Waals surface area contributed by atoms with Crippen molar-refractivity contribution in [1.82, 2.24) is 9.80 Å². The molecule has 3 saturated heterocycles. The van der Waals surface area contributed by atoms with Gasteiger partial charge in [-0.3, -0.25) is 0 Å². The van der Waals surface area contributed by atoms with E-state index < -0.39 is 17.5 Å². The van der Waals surface area contributed by atoms with E-state index in [4.69, 9.17) is 4.99 Å². The van der Waals surface area contributed by atoms with Gasteiger partial charge in [-0.1, -0.05) is 69.6 Å². The summed E-state index contributed by atoms with van der Waals surface area (Å²) >= 11 is 0. The maximum Gasteiger partial charge on any atom is 0.198 e. The summed E-state index contributed by atoms with van der Waals surface area (Å²) in [6, 6.07) is 15.8. The van der Waals surface area contributed by atoms with Crippen molar-refractivity contribution in [3.8, 4) is 0 Å². The lowest BCUT2D eigenvalue weighted by Gasteiger charge is -2.69. The fraction of sp³-hybridized carbons (Fsp3) is 0.683.